The maximum atomic E-state index is 13.1. The van der Waals surface area contributed by atoms with Crippen LogP contribution in [0.3, 0.4) is 0 Å². The fourth-order valence-corrected chi connectivity index (χ4v) is 4.47. The molecule has 0 atom stereocenters. The number of carbonyl (C=O) groups is 2. The van der Waals surface area contributed by atoms with Gasteiger partial charge in [-0.2, -0.15) is 0 Å². The molecule has 1 aliphatic rings. The van der Waals surface area contributed by atoms with Gasteiger partial charge >= 0.3 is 5.97 Å². The zero-order chi connectivity index (χ0) is 21.5. The summed E-state index contributed by atoms with van der Waals surface area (Å²) in [5, 5.41) is 2.77. The van der Waals surface area contributed by atoms with Crippen molar-refractivity contribution in [2.24, 2.45) is 5.41 Å². The van der Waals surface area contributed by atoms with Gasteiger partial charge in [-0.25, -0.2) is 13.2 Å². The van der Waals surface area contributed by atoms with E-state index in [0.717, 1.165) is 25.7 Å². The molecule has 2 rings (SSSR count). The minimum absolute atomic E-state index is 0.0738. The summed E-state index contributed by atoms with van der Waals surface area (Å²) in [7, 11) is -1.75. The van der Waals surface area contributed by atoms with Gasteiger partial charge in [0.15, 0.2) is 0 Å². The van der Waals surface area contributed by atoms with Gasteiger partial charge < -0.3 is 15.8 Å². The predicted octanol–water partition coefficient (Wildman–Crippen LogP) is 2.67. The number of nitrogens with one attached hydrogen (secondary N) is 1. The molecule has 7 nitrogen and oxygen atoms in total. The number of carbonyl (C=O) groups excluding carboxylic acids is 2. The number of methoxy groups -OCH3 is 1. The number of nitrogen functional groups attached to an aromatic ring is 1. The number of benzene rings is 1. The normalized spacial score (nSPS) is 16.4. The van der Waals surface area contributed by atoms with Crippen molar-refractivity contribution in [3.05, 3.63) is 35.5 Å². The second-order valence-electron chi connectivity index (χ2n) is 7.74. The number of nitrogens with two attached hydrogens (primary N) is 1. The Morgan fingerprint density at radius 2 is 1.79 bits per heavy atom. The van der Waals surface area contributed by atoms with Crippen LogP contribution in [-0.2, 0) is 24.2 Å². The van der Waals surface area contributed by atoms with Crippen LogP contribution in [0.2, 0.25) is 0 Å². The van der Waals surface area contributed by atoms with Gasteiger partial charge in [-0.05, 0) is 49.5 Å². The standard InChI is InChI=1S/C21H30N2O5S/c1-28-19(24)18(15-16-7-9-17(22)10-8-16)23-20(25)21(11-3-4-12-21)13-5-6-14-29(2,26)27/h7-10,15H,3-6,11-14,22H2,1-2H3,(H,23,25)/b18-15-. The quantitative estimate of drug-likeness (QED) is 0.274. The van der Waals surface area contributed by atoms with Crippen LogP contribution in [0.5, 0.6) is 0 Å². The maximum Gasteiger partial charge on any atom is 0.354 e. The molecule has 3 N–H and O–H groups in total. The first kappa shape index (κ1) is 22.9. The molecular formula is C21H30N2O5S. The van der Waals surface area contributed by atoms with Crippen LogP contribution in [0.4, 0.5) is 5.69 Å². The van der Waals surface area contributed by atoms with Crippen LogP contribution in [0.25, 0.3) is 6.08 Å². The van der Waals surface area contributed by atoms with Gasteiger partial charge in [-0.1, -0.05) is 31.4 Å². The topological polar surface area (TPSA) is 116 Å². The highest BCUT2D eigenvalue weighted by Crippen LogP contribution is 2.42. The number of unbranched alkanes of at least 4 members (excludes halogenated alkanes) is 1. The number of hydrogen-bond acceptors (Lipinski definition) is 6. The zero-order valence-corrected chi connectivity index (χ0v) is 17.9. The molecule has 29 heavy (non-hydrogen) atoms. The van der Waals surface area contributed by atoms with Crippen molar-refractivity contribution in [1.29, 1.82) is 0 Å². The number of amides is 1. The van der Waals surface area contributed by atoms with E-state index in [1.54, 1.807) is 30.3 Å². The first-order valence-electron chi connectivity index (χ1n) is 9.80. The summed E-state index contributed by atoms with van der Waals surface area (Å²) < 4.78 is 27.5. The summed E-state index contributed by atoms with van der Waals surface area (Å²) in [4.78, 5) is 25.3. The van der Waals surface area contributed by atoms with Crippen LogP contribution in [0.15, 0.2) is 30.0 Å². The fraction of sp³-hybridized carbons (Fsp3) is 0.524. The molecule has 0 aliphatic heterocycles. The van der Waals surface area contributed by atoms with E-state index in [-0.39, 0.29) is 17.4 Å². The van der Waals surface area contributed by atoms with Crippen molar-refractivity contribution in [3.63, 3.8) is 0 Å². The Kier molecular flexibility index (Phi) is 7.84. The zero-order valence-electron chi connectivity index (χ0n) is 17.1. The number of esters is 1. The van der Waals surface area contributed by atoms with Crippen molar-refractivity contribution >= 4 is 33.5 Å². The van der Waals surface area contributed by atoms with Gasteiger partial charge in [0.05, 0.1) is 7.11 Å². The van der Waals surface area contributed by atoms with Gasteiger partial charge in [0.2, 0.25) is 5.91 Å². The molecule has 160 valence electrons. The van der Waals surface area contributed by atoms with E-state index >= 15 is 0 Å². The lowest BCUT2D eigenvalue weighted by Gasteiger charge is -2.28. The predicted molar refractivity (Wildman–Crippen MR) is 113 cm³/mol. The fourth-order valence-electron chi connectivity index (χ4n) is 3.74. The highest BCUT2D eigenvalue weighted by molar-refractivity contribution is 7.90. The first-order valence-corrected chi connectivity index (χ1v) is 11.9. The van der Waals surface area contributed by atoms with Crippen molar-refractivity contribution in [2.75, 3.05) is 24.9 Å². The van der Waals surface area contributed by atoms with E-state index in [4.69, 9.17) is 10.5 Å². The molecule has 8 heteroatoms. The van der Waals surface area contributed by atoms with Crippen LogP contribution in [0.1, 0.15) is 50.5 Å². The molecule has 1 aliphatic carbocycles. The summed E-state index contributed by atoms with van der Waals surface area (Å²) in [5.41, 5.74) is 6.50. The van der Waals surface area contributed by atoms with Gasteiger partial charge in [0.25, 0.3) is 0 Å². The van der Waals surface area contributed by atoms with Crippen molar-refractivity contribution < 1.29 is 22.7 Å². The van der Waals surface area contributed by atoms with E-state index in [1.807, 2.05) is 0 Å². The molecule has 0 bridgehead atoms. The molecule has 0 heterocycles. The number of hydrogen-bond donors (Lipinski definition) is 2. The molecule has 0 saturated heterocycles. The monoisotopic (exact) mass is 422 g/mol. The third-order valence-electron chi connectivity index (χ3n) is 5.36. The Morgan fingerprint density at radius 3 is 2.34 bits per heavy atom. The summed E-state index contributed by atoms with van der Waals surface area (Å²) in [5.74, 6) is -0.711. The Balaban J connectivity index is 2.14. The van der Waals surface area contributed by atoms with Crippen molar-refractivity contribution in [3.8, 4) is 0 Å². The number of ether oxygens (including phenoxy) is 1. The van der Waals surface area contributed by atoms with Crippen LogP contribution in [-0.4, -0.2) is 39.4 Å². The highest BCUT2D eigenvalue weighted by Gasteiger charge is 2.41. The Hall–Kier alpha value is -2.35. The third kappa shape index (κ3) is 6.88. The summed E-state index contributed by atoms with van der Waals surface area (Å²) in [6.07, 6.45) is 7.90. The van der Waals surface area contributed by atoms with Crippen molar-refractivity contribution in [2.45, 2.75) is 44.9 Å². The van der Waals surface area contributed by atoms with Crippen LogP contribution in [0, 0.1) is 5.41 Å². The Morgan fingerprint density at radius 1 is 1.17 bits per heavy atom. The maximum absolute atomic E-state index is 13.1. The van der Waals surface area contributed by atoms with Gasteiger partial charge in [0.1, 0.15) is 15.5 Å². The molecule has 0 aromatic heterocycles. The minimum Gasteiger partial charge on any atom is -0.464 e. The SMILES string of the molecule is COC(=O)/C(=C/c1ccc(N)cc1)NC(=O)C1(CCCCS(C)(=O)=O)CCCC1. The van der Waals surface area contributed by atoms with Crippen molar-refractivity contribution in [1.82, 2.24) is 5.32 Å². The van der Waals surface area contributed by atoms with Gasteiger partial charge in [-0.15, -0.1) is 0 Å². The molecule has 1 saturated carbocycles. The van der Waals surface area contributed by atoms with E-state index in [9.17, 15) is 18.0 Å². The lowest BCUT2D eigenvalue weighted by atomic mass is 9.80. The lowest BCUT2D eigenvalue weighted by Crippen LogP contribution is -2.40. The largest absolute Gasteiger partial charge is 0.464 e. The molecular weight excluding hydrogens is 392 g/mol. The molecule has 1 fully saturated rings. The second-order valence-corrected chi connectivity index (χ2v) is 10.0. The second kappa shape index (κ2) is 9.91. The minimum atomic E-state index is -3.01. The summed E-state index contributed by atoms with van der Waals surface area (Å²) in [6.45, 7) is 0. The molecule has 1 aromatic rings. The third-order valence-corrected chi connectivity index (χ3v) is 6.39. The number of rotatable bonds is 9. The average Bonchev–Trinajstić information content (AvgIpc) is 3.15. The lowest BCUT2D eigenvalue weighted by molar-refractivity contribution is -0.139. The number of anilines is 1. The number of sulfone groups is 1. The summed E-state index contributed by atoms with van der Waals surface area (Å²) >= 11 is 0. The van der Waals surface area contributed by atoms with Gasteiger partial charge in [-0.3, -0.25) is 4.79 Å². The highest BCUT2D eigenvalue weighted by atomic mass is 32.2. The average molecular weight is 423 g/mol. The van der Waals surface area contributed by atoms with Crippen LogP contribution >= 0.6 is 0 Å². The molecule has 1 aromatic carbocycles. The first-order chi connectivity index (χ1) is 13.6. The van der Waals surface area contributed by atoms with E-state index < -0.39 is 21.2 Å². The molecule has 0 unspecified atom stereocenters. The molecule has 0 radical (unpaired) electrons. The molecule has 1 amide bonds. The Bertz CT molecular complexity index is 854. The summed E-state index contributed by atoms with van der Waals surface area (Å²) in [6, 6.07) is 6.92. The Labute approximate surface area is 172 Å². The smallest absolute Gasteiger partial charge is 0.354 e. The van der Waals surface area contributed by atoms with E-state index in [0.29, 0.717) is 30.5 Å². The van der Waals surface area contributed by atoms with Crippen LogP contribution < -0.4 is 11.1 Å². The van der Waals surface area contributed by atoms with Gasteiger partial charge in [0, 0.05) is 23.1 Å². The molecule has 0 spiro atoms. The van der Waals surface area contributed by atoms with E-state index in [1.165, 1.54) is 13.4 Å². The van der Waals surface area contributed by atoms with E-state index in [2.05, 4.69) is 5.32 Å².